The zero-order chi connectivity index (χ0) is 30.0. The van der Waals surface area contributed by atoms with Crippen LogP contribution in [0.1, 0.15) is 36.1 Å². The number of thiophene rings is 1. The summed E-state index contributed by atoms with van der Waals surface area (Å²) < 4.78 is 2.48. The third kappa shape index (κ3) is 3.84. The molecule has 0 saturated carbocycles. The Balaban J connectivity index is 1.42. The highest BCUT2D eigenvalue weighted by molar-refractivity contribution is 7.25. The van der Waals surface area contributed by atoms with Crippen molar-refractivity contribution in [3.8, 4) is 56.6 Å². The Morgan fingerprint density at radius 1 is 0.523 bits per heavy atom. The van der Waals surface area contributed by atoms with Crippen molar-refractivity contribution in [1.29, 1.82) is 10.5 Å². The van der Waals surface area contributed by atoms with Crippen LogP contribution < -0.4 is 0 Å². The van der Waals surface area contributed by atoms with Crippen molar-refractivity contribution < 1.29 is 0 Å². The summed E-state index contributed by atoms with van der Waals surface area (Å²) >= 11 is 1.79. The maximum Gasteiger partial charge on any atom is 0.100 e. The van der Waals surface area contributed by atoms with Crippen LogP contribution in [-0.2, 0) is 5.41 Å². The van der Waals surface area contributed by atoms with E-state index in [-0.39, 0.29) is 5.41 Å². The normalized spacial score (nSPS) is 12.9. The van der Waals surface area contributed by atoms with Crippen molar-refractivity contribution >= 4 is 31.5 Å². The van der Waals surface area contributed by atoms with E-state index in [1.54, 1.807) is 11.3 Å². The molecule has 0 radical (unpaired) electrons. The van der Waals surface area contributed by atoms with Crippen LogP contribution in [0.25, 0.3) is 64.7 Å². The van der Waals surface area contributed by atoms with Crippen molar-refractivity contribution in [2.75, 3.05) is 0 Å². The lowest BCUT2D eigenvalue weighted by Crippen LogP contribution is -2.15. The van der Waals surface area contributed by atoms with Crippen molar-refractivity contribution in [3.63, 3.8) is 0 Å². The van der Waals surface area contributed by atoms with Gasteiger partial charge >= 0.3 is 0 Å². The van der Waals surface area contributed by atoms with Gasteiger partial charge in [-0.1, -0.05) is 98.8 Å². The zero-order valence-corrected chi connectivity index (χ0v) is 25.2. The molecule has 2 nitrogen and oxygen atoms in total. The van der Waals surface area contributed by atoms with E-state index in [9.17, 15) is 10.5 Å². The van der Waals surface area contributed by atoms with Crippen LogP contribution >= 0.6 is 11.3 Å². The summed E-state index contributed by atoms with van der Waals surface area (Å²) in [7, 11) is 0. The average molecular weight is 579 g/mol. The molecule has 0 atom stereocenters. The van der Waals surface area contributed by atoms with E-state index < -0.39 is 0 Å². The molecule has 0 bridgehead atoms. The smallest absolute Gasteiger partial charge is 0.100 e. The minimum absolute atomic E-state index is 0.239. The summed E-state index contributed by atoms with van der Waals surface area (Å²) in [5.74, 6) is 0. The molecule has 6 aromatic carbocycles. The molecule has 1 aromatic heterocycles. The van der Waals surface area contributed by atoms with Crippen LogP contribution in [0.2, 0.25) is 0 Å². The molecule has 44 heavy (non-hydrogen) atoms. The average Bonchev–Trinajstić information content (AvgIpc) is 3.55. The first kappa shape index (κ1) is 26.2. The van der Waals surface area contributed by atoms with Gasteiger partial charge in [0.2, 0.25) is 0 Å². The lowest BCUT2D eigenvalue weighted by molar-refractivity contribution is 0.660. The van der Waals surface area contributed by atoms with Crippen LogP contribution in [0, 0.1) is 22.7 Å². The summed E-state index contributed by atoms with van der Waals surface area (Å²) in [5, 5.41) is 22.8. The first-order chi connectivity index (χ1) is 21.5. The van der Waals surface area contributed by atoms with Crippen LogP contribution in [0.3, 0.4) is 0 Å². The fourth-order valence-electron chi connectivity index (χ4n) is 6.98. The molecular weight excluding hydrogens is 553 g/mol. The topological polar surface area (TPSA) is 47.6 Å². The molecule has 0 N–H and O–H groups in total. The van der Waals surface area contributed by atoms with Crippen LogP contribution in [0.4, 0.5) is 0 Å². The maximum absolute atomic E-state index is 10.6. The molecule has 206 valence electrons. The van der Waals surface area contributed by atoms with Gasteiger partial charge in [-0.25, -0.2) is 0 Å². The second-order valence-corrected chi connectivity index (χ2v) is 13.0. The fraction of sp³-hybridized carbons (Fsp3) is 0.0732. The lowest BCUT2D eigenvalue weighted by Gasteiger charge is -2.22. The van der Waals surface area contributed by atoms with Gasteiger partial charge in [0.1, 0.15) is 6.07 Å². The van der Waals surface area contributed by atoms with Gasteiger partial charge in [0, 0.05) is 36.7 Å². The molecule has 0 amide bonds. The molecule has 0 spiro atoms. The molecule has 0 aliphatic heterocycles. The highest BCUT2D eigenvalue weighted by Gasteiger charge is 2.37. The van der Waals surface area contributed by atoms with Crippen molar-refractivity contribution in [3.05, 3.63) is 144 Å². The molecule has 7 aromatic rings. The molecule has 0 fully saturated rings. The number of hydrogen-bond donors (Lipinski definition) is 0. The van der Waals surface area contributed by atoms with Gasteiger partial charge in [0.25, 0.3) is 0 Å². The first-order valence-corrected chi connectivity index (χ1v) is 15.5. The van der Waals surface area contributed by atoms with Gasteiger partial charge in [-0.05, 0) is 80.9 Å². The highest BCUT2D eigenvalue weighted by atomic mass is 32.1. The Kier molecular flexibility index (Phi) is 5.82. The number of fused-ring (bicyclic) bond motifs is 6. The number of hydrogen-bond acceptors (Lipinski definition) is 3. The Morgan fingerprint density at radius 2 is 1.27 bits per heavy atom. The van der Waals surface area contributed by atoms with E-state index >= 15 is 0 Å². The summed E-state index contributed by atoms with van der Waals surface area (Å²) in [4.78, 5) is 0. The quantitative estimate of drug-likeness (QED) is 0.209. The first-order valence-electron chi connectivity index (χ1n) is 14.7. The molecular formula is C41H26N2S. The molecule has 8 rings (SSSR count). The zero-order valence-electron chi connectivity index (χ0n) is 24.3. The SMILES string of the molecule is CC1(C)c2cc(C#N)ccc2-c2c(-c3cc(-c4ccccc4)c(C#N)c(-c4ccc5c(c4)sc4ccccc45)c3)cccc21. The predicted octanol–water partition coefficient (Wildman–Crippen LogP) is 11.1. The van der Waals surface area contributed by atoms with Crippen LogP contribution in [0.5, 0.6) is 0 Å². The van der Waals surface area contributed by atoms with Gasteiger partial charge < -0.3 is 0 Å². The Hall–Kier alpha value is -5.48. The minimum atomic E-state index is -0.239. The minimum Gasteiger partial charge on any atom is -0.192 e. The van der Waals surface area contributed by atoms with E-state index in [1.165, 1.54) is 42.4 Å². The van der Waals surface area contributed by atoms with Gasteiger partial charge in [-0.2, -0.15) is 10.5 Å². The number of nitrogens with zero attached hydrogens (tertiary/aromatic N) is 2. The van der Waals surface area contributed by atoms with Crippen molar-refractivity contribution in [1.82, 2.24) is 0 Å². The van der Waals surface area contributed by atoms with E-state index in [4.69, 9.17) is 0 Å². The molecule has 3 heteroatoms. The van der Waals surface area contributed by atoms with Crippen LogP contribution in [0.15, 0.2) is 121 Å². The van der Waals surface area contributed by atoms with Crippen molar-refractivity contribution in [2.45, 2.75) is 19.3 Å². The van der Waals surface area contributed by atoms with Gasteiger partial charge in [0.15, 0.2) is 0 Å². The number of benzene rings is 6. The largest absolute Gasteiger partial charge is 0.192 e. The highest BCUT2D eigenvalue weighted by Crippen LogP contribution is 2.53. The summed E-state index contributed by atoms with van der Waals surface area (Å²) in [6.45, 7) is 4.48. The fourth-order valence-corrected chi connectivity index (χ4v) is 8.13. The van der Waals surface area contributed by atoms with Gasteiger partial charge in [-0.3, -0.25) is 0 Å². The summed E-state index contributed by atoms with van der Waals surface area (Å²) in [6.07, 6.45) is 0. The molecule has 0 saturated heterocycles. The summed E-state index contributed by atoms with van der Waals surface area (Å²) in [5.41, 5.74) is 12.0. The second-order valence-electron chi connectivity index (χ2n) is 12.0. The second kappa shape index (κ2) is 9.78. The summed E-state index contributed by atoms with van der Waals surface area (Å²) in [6, 6.07) is 47.2. The number of rotatable bonds is 3. The van der Waals surface area contributed by atoms with Gasteiger partial charge in [-0.15, -0.1) is 11.3 Å². The van der Waals surface area contributed by atoms with Crippen LogP contribution in [-0.4, -0.2) is 0 Å². The van der Waals surface area contributed by atoms with Crippen molar-refractivity contribution in [2.24, 2.45) is 0 Å². The Morgan fingerprint density at radius 3 is 2.07 bits per heavy atom. The molecule has 0 unspecified atom stereocenters. The standard InChI is InChI=1S/C41H26N2S/c1-41(2)36-13-8-12-29(40(36)32-17-15-25(23-42)19-37(32)41)28-20-33(26-9-4-3-5-10-26)35(24-43)34(21-28)27-16-18-31-30-11-6-7-14-38(30)44-39(31)22-27/h3-22H,1-2H3. The van der Waals surface area contributed by atoms with E-state index in [2.05, 4.69) is 117 Å². The van der Waals surface area contributed by atoms with E-state index in [0.717, 1.165) is 33.4 Å². The predicted molar refractivity (Wildman–Crippen MR) is 183 cm³/mol. The Labute approximate surface area is 260 Å². The molecule has 1 aliphatic carbocycles. The van der Waals surface area contributed by atoms with E-state index in [0.29, 0.717) is 11.1 Å². The van der Waals surface area contributed by atoms with E-state index in [1.807, 2.05) is 30.3 Å². The Bertz CT molecular complexity index is 2380. The maximum atomic E-state index is 10.6. The molecule has 1 aliphatic rings. The monoisotopic (exact) mass is 578 g/mol. The third-order valence-electron chi connectivity index (χ3n) is 9.16. The molecule has 1 heterocycles. The van der Waals surface area contributed by atoms with Gasteiger partial charge in [0.05, 0.1) is 17.2 Å². The number of nitriles is 2. The lowest BCUT2D eigenvalue weighted by atomic mass is 9.81. The third-order valence-corrected chi connectivity index (χ3v) is 10.3.